The number of unbranched alkanes of at least 4 members (excludes halogenated alkanes) is 18. The molecule has 0 rings (SSSR count). The van der Waals surface area contributed by atoms with Crippen molar-refractivity contribution in [2.75, 3.05) is 13.2 Å². The Bertz CT molecular complexity index is 1860. The second-order valence-corrected chi connectivity index (χ2v) is 20.9. The Labute approximate surface area is 498 Å². The number of ether oxygens (including phenoxy) is 3. The van der Waals surface area contributed by atoms with E-state index >= 15 is 0 Å². The Morgan fingerprint density at radius 3 is 0.691 bits per heavy atom. The zero-order valence-electron chi connectivity index (χ0n) is 52.0. The Morgan fingerprint density at radius 1 is 0.247 bits per heavy atom. The number of carbonyl (C=O) groups is 3. The van der Waals surface area contributed by atoms with Gasteiger partial charge in [-0.2, -0.15) is 0 Å². The molecule has 6 nitrogen and oxygen atoms in total. The molecule has 0 aliphatic rings. The zero-order valence-corrected chi connectivity index (χ0v) is 52.0. The quantitative estimate of drug-likeness (QED) is 0.0261. The fourth-order valence-electron chi connectivity index (χ4n) is 8.43. The molecular formula is C75H118O6. The molecule has 1 atom stereocenters. The summed E-state index contributed by atoms with van der Waals surface area (Å²) in [6.07, 6.45) is 99.2. The fourth-order valence-corrected chi connectivity index (χ4v) is 8.43. The molecule has 0 aliphatic heterocycles. The highest BCUT2D eigenvalue weighted by molar-refractivity contribution is 5.71. The molecule has 0 bridgehead atoms. The highest BCUT2D eigenvalue weighted by Gasteiger charge is 2.19. The van der Waals surface area contributed by atoms with Gasteiger partial charge in [0.25, 0.3) is 0 Å². The third-order valence-corrected chi connectivity index (χ3v) is 13.2. The van der Waals surface area contributed by atoms with E-state index in [2.05, 4.69) is 191 Å². The predicted octanol–water partition coefficient (Wildman–Crippen LogP) is 22.7. The summed E-state index contributed by atoms with van der Waals surface area (Å²) in [7, 11) is 0. The maximum atomic E-state index is 12.9. The van der Waals surface area contributed by atoms with Crippen molar-refractivity contribution in [3.63, 3.8) is 0 Å². The van der Waals surface area contributed by atoms with Crippen LogP contribution in [0.25, 0.3) is 0 Å². The van der Waals surface area contributed by atoms with Crippen molar-refractivity contribution in [3.05, 3.63) is 170 Å². The number of hydrogen-bond acceptors (Lipinski definition) is 6. The van der Waals surface area contributed by atoms with Crippen LogP contribution in [0.3, 0.4) is 0 Å². The number of carbonyl (C=O) groups excluding carboxylic acids is 3. The van der Waals surface area contributed by atoms with E-state index in [1.807, 2.05) is 0 Å². The van der Waals surface area contributed by atoms with Crippen LogP contribution in [0.4, 0.5) is 0 Å². The molecule has 0 aliphatic carbocycles. The molecule has 0 heterocycles. The van der Waals surface area contributed by atoms with Gasteiger partial charge in [-0.1, -0.05) is 268 Å². The SMILES string of the molecule is CC/C=C\C/C=C\C/C=C\C/C=C\C/C=C\C/C=C\CCCCCCC(=O)OC(COC(=O)CCCCCCC/C=C\C/C=C\C/C=C\CC)COC(=O)CCCCCCCCCCC/C=C\C/C=C\C/C=C\C/C=C\C/C=C\CC. The van der Waals surface area contributed by atoms with Gasteiger partial charge in [0.05, 0.1) is 0 Å². The van der Waals surface area contributed by atoms with E-state index in [-0.39, 0.29) is 37.5 Å². The van der Waals surface area contributed by atoms with Crippen LogP contribution in [0.1, 0.15) is 265 Å². The smallest absolute Gasteiger partial charge is 0.306 e. The maximum absolute atomic E-state index is 12.9. The molecule has 0 aromatic rings. The fraction of sp³-hybridized carbons (Fsp3) is 0.587. The lowest BCUT2D eigenvalue weighted by molar-refractivity contribution is -0.167. The minimum atomic E-state index is -0.813. The summed E-state index contributed by atoms with van der Waals surface area (Å²) in [5, 5.41) is 0. The van der Waals surface area contributed by atoms with Crippen molar-refractivity contribution >= 4 is 17.9 Å². The van der Waals surface area contributed by atoms with Crippen LogP contribution in [0, 0.1) is 0 Å². The first-order valence-electron chi connectivity index (χ1n) is 32.6. The summed E-state index contributed by atoms with van der Waals surface area (Å²) in [6.45, 7) is 6.26. The first kappa shape index (κ1) is 75.8. The van der Waals surface area contributed by atoms with E-state index in [1.165, 1.54) is 38.5 Å². The van der Waals surface area contributed by atoms with Crippen molar-refractivity contribution in [2.24, 2.45) is 0 Å². The molecular weight excluding hydrogens is 997 g/mol. The molecule has 0 amide bonds. The summed E-state index contributed by atoms with van der Waals surface area (Å²) >= 11 is 0. The first-order valence-corrected chi connectivity index (χ1v) is 32.6. The number of hydrogen-bond donors (Lipinski definition) is 0. The normalized spacial score (nSPS) is 13.3. The van der Waals surface area contributed by atoms with E-state index in [9.17, 15) is 14.4 Å². The zero-order chi connectivity index (χ0) is 58.5. The summed E-state index contributed by atoms with van der Waals surface area (Å²) in [5.74, 6) is -0.957. The van der Waals surface area contributed by atoms with E-state index in [1.54, 1.807) is 0 Å². The van der Waals surface area contributed by atoms with Crippen LogP contribution >= 0.6 is 0 Å². The van der Waals surface area contributed by atoms with Gasteiger partial charge in [-0.15, -0.1) is 0 Å². The molecule has 0 saturated heterocycles. The predicted molar refractivity (Wildman–Crippen MR) is 352 cm³/mol. The molecule has 0 radical (unpaired) electrons. The molecule has 0 aromatic carbocycles. The third kappa shape index (κ3) is 65.5. The highest BCUT2D eigenvalue weighted by Crippen LogP contribution is 2.14. The Kier molecular flexibility index (Phi) is 62.9. The molecule has 0 spiro atoms. The average molecular weight is 1120 g/mol. The van der Waals surface area contributed by atoms with Gasteiger partial charge in [-0.25, -0.2) is 0 Å². The molecule has 1 unspecified atom stereocenters. The maximum Gasteiger partial charge on any atom is 0.306 e. The summed E-state index contributed by atoms with van der Waals surface area (Å²) < 4.78 is 16.9. The van der Waals surface area contributed by atoms with Gasteiger partial charge in [-0.3, -0.25) is 14.4 Å². The lowest BCUT2D eigenvalue weighted by atomic mass is 10.1. The standard InChI is InChI=1S/C75H118O6/c1-4-7-10-13-16-19-22-25-28-30-32-34-36-37-39-40-42-44-47-50-53-56-59-62-65-68-74(77)80-71-72(70-79-73(76)67-64-61-58-55-52-49-46-27-24-21-18-15-12-9-6-3)81-75(78)69-66-63-60-57-54-51-48-45-43-41-38-35-33-31-29-26-23-20-17-14-11-8-5-2/h7-12,16-21,25-29,32-35,37,39,41,43,46,48,51,72H,4-6,13-15,22-24,30-31,36,38,40,42,44-45,47,49-50,52-71H2,1-3H3/b10-7-,11-8-,12-9-,19-16-,20-17-,21-18-,28-25-,29-26-,34-32-,35-33-,39-37-,43-41-,46-27-,51-48-. The van der Waals surface area contributed by atoms with Crippen LogP contribution in [0.2, 0.25) is 0 Å². The topological polar surface area (TPSA) is 78.9 Å². The molecule has 454 valence electrons. The van der Waals surface area contributed by atoms with Crippen LogP contribution in [0.15, 0.2) is 170 Å². The molecule has 6 heteroatoms. The summed E-state index contributed by atoms with van der Waals surface area (Å²) in [6, 6.07) is 0. The van der Waals surface area contributed by atoms with E-state index in [0.29, 0.717) is 12.8 Å². The van der Waals surface area contributed by atoms with Crippen LogP contribution in [-0.4, -0.2) is 37.2 Å². The van der Waals surface area contributed by atoms with Gasteiger partial charge < -0.3 is 14.2 Å². The number of esters is 3. The van der Waals surface area contributed by atoms with Gasteiger partial charge in [0.15, 0.2) is 6.10 Å². The van der Waals surface area contributed by atoms with E-state index in [0.717, 1.165) is 186 Å². The summed E-state index contributed by atoms with van der Waals surface area (Å²) in [4.78, 5) is 38.4. The van der Waals surface area contributed by atoms with Crippen molar-refractivity contribution in [1.82, 2.24) is 0 Å². The molecule has 81 heavy (non-hydrogen) atoms. The highest BCUT2D eigenvalue weighted by atomic mass is 16.6. The van der Waals surface area contributed by atoms with Gasteiger partial charge in [-0.05, 0) is 148 Å². The first-order chi connectivity index (χ1) is 40.0. The van der Waals surface area contributed by atoms with Gasteiger partial charge in [0.1, 0.15) is 13.2 Å². The van der Waals surface area contributed by atoms with Crippen molar-refractivity contribution in [3.8, 4) is 0 Å². The Balaban J connectivity index is 4.47. The average Bonchev–Trinajstić information content (AvgIpc) is 3.47. The molecule has 0 N–H and O–H groups in total. The second kappa shape index (κ2) is 67.3. The third-order valence-electron chi connectivity index (χ3n) is 13.2. The molecule has 0 aromatic heterocycles. The Hall–Kier alpha value is -5.23. The van der Waals surface area contributed by atoms with Gasteiger partial charge >= 0.3 is 17.9 Å². The minimum Gasteiger partial charge on any atom is -0.462 e. The number of rotatable bonds is 57. The van der Waals surface area contributed by atoms with Gasteiger partial charge in [0, 0.05) is 19.3 Å². The monoisotopic (exact) mass is 1110 g/mol. The lowest BCUT2D eigenvalue weighted by Crippen LogP contribution is -2.30. The summed E-state index contributed by atoms with van der Waals surface area (Å²) in [5.41, 5.74) is 0. The van der Waals surface area contributed by atoms with E-state index in [4.69, 9.17) is 14.2 Å². The van der Waals surface area contributed by atoms with Gasteiger partial charge in [0.2, 0.25) is 0 Å². The largest absolute Gasteiger partial charge is 0.462 e. The van der Waals surface area contributed by atoms with Crippen molar-refractivity contribution in [2.45, 2.75) is 271 Å². The Morgan fingerprint density at radius 2 is 0.444 bits per heavy atom. The van der Waals surface area contributed by atoms with Crippen molar-refractivity contribution < 1.29 is 28.6 Å². The van der Waals surface area contributed by atoms with E-state index < -0.39 is 6.10 Å². The lowest BCUT2D eigenvalue weighted by Gasteiger charge is -2.18. The van der Waals surface area contributed by atoms with Crippen LogP contribution in [0.5, 0.6) is 0 Å². The van der Waals surface area contributed by atoms with Crippen LogP contribution in [-0.2, 0) is 28.6 Å². The minimum absolute atomic E-state index is 0.105. The number of allylic oxidation sites excluding steroid dienone is 28. The molecule has 0 fully saturated rings. The van der Waals surface area contributed by atoms with Crippen LogP contribution < -0.4 is 0 Å². The molecule has 0 saturated carbocycles. The second-order valence-electron chi connectivity index (χ2n) is 20.9. The van der Waals surface area contributed by atoms with Crippen molar-refractivity contribution in [1.29, 1.82) is 0 Å².